The Bertz CT molecular complexity index is 806. The molecule has 1 atom stereocenters. The van der Waals surface area contributed by atoms with Crippen LogP contribution in [0.3, 0.4) is 0 Å². The maximum atomic E-state index is 12.7. The van der Waals surface area contributed by atoms with Crippen LogP contribution >= 0.6 is 11.6 Å². The number of aryl methyl sites for hydroxylation is 1. The lowest BCUT2D eigenvalue weighted by molar-refractivity contribution is -0.126. The molecule has 5 heteroatoms. The highest BCUT2D eigenvalue weighted by Gasteiger charge is 2.29. The number of nitrogens with zero attached hydrogens (tertiary/aromatic N) is 1. The second kappa shape index (κ2) is 8.37. The Morgan fingerprint density at radius 2 is 1.88 bits per heavy atom. The molecule has 0 aliphatic carbocycles. The van der Waals surface area contributed by atoms with Crippen LogP contribution in [-0.4, -0.2) is 29.8 Å². The number of hydrogen-bond acceptors (Lipinski definition) is 2. The predicted octanol–water partition coefficient (Wildman–Crippen LogP) is 3.82. The van der Waals surface area contributed by atoms with Crippen molar-refractivity contribution in [2.75, 3.05) is 13.1 Å². The number of rotatable bonds is 4. The second-order valence-corrected chi connectivity index (χ2v) is 7.12. The average molecular weight is 371 g/mol. The van der Waals surface area contributed by atoms with Gasteiger partial charge in [-0.25, -0.2) is 0 Å². The third kappa shape index (κ3) is 4.25. The molecule has 1 aliphatic heterocycles. The van der Waals surface area contributed by atoms with Crippen LogP contribution in [0.25, 0.3) is 0 Å². The summed E-state index contributed by atoms with van der Waals surface area (Å²) >= 11 is 6.14. The number of piperidine rings is 1. The minimum atomic E-state index is -0.181. The predicted molar refractivity (Wildman–Crippen MR) is 103 cm³/mol. The number of benzene rings is 2. The molecule has 136 valence electrons. The molecule has 26 heavy (non-hydrogen) atoms. The zero-order chi connectivity index (χ0) is 18.5. The molecule has 3 rings (SSSR count). The van der Waals surface area contributed by atoms with E-state index < -0.39 is 0 Å². The average Bonchev–Trinajstić information content (AvgIpc) is 2.67. The Morgan fingerprint density at radius 3 is 2.65 bits per heavy atom. The Kier molecular flexibility index (Phi) is 5.94. The van der Waals surface area contributed by atoms with E-state index in [0.29, 0.717) is 30.2 Å². The van der Waals surface area contributed by atoms with Crippen molar-refractivity contribution in [1.82, 2.24) is 10.2 Å². The summed E-state index contributed by atoms with van der Waals surface area (Å²) in [5.41, 5.74) is 2.77. The molecule has 1 unspecified atom stereocenters. The van der Waals surface area contributed by atoms with E-state index in [2.05, 4.69) is 5.32 Å². The SMILES string of the molecule is Cc1ccccc1CNC(=O)C1CCCN(C(=O)c2ccccc2Cl)C1. The van der Waals surface area contributed by atoms with Gasteiger partial charge in [0.05, 0.1) is 16.5 Å². The number of carbonyl (C=O) groups excluding carboxylic acids is 2. The first kappa shape index (κ1) is 18.5. The van der Waals surface area contributed by atoms with Gasteiger partial charge in [0.15, 0.2) is 0 Å². The fourth-order valence-electron chi connectivity index (χ4n) is 3.32. The molecule has 1 N–H and O–H groups in total. The summed E-state index contributed by atoms with van der Waals surface area (Å²) in [5.74, 6) is -0.281. The molecule has 1 aliphatic rings. The minimum Gasteiger partial charge on any atom is -0.352 e. The van der Waals surface area contributed by atoms with Crippen LogP contribution in [0, 0.1) is 12.8 Å². The topological polar surface area (TPSA) is 49.4 Å². The molecule has 0 saturated carbocycles. The Hall–Kier alpha value is -2.33. The number of hydrogen-bond donors (Lipinski definition) is 1. The number of amides is 2. The molecule has 0 bridgehead atoms. The van der Waals surface area contributed by atoms with Crippen molar-refractivity contribution in [2.24, 2.45) is 5.92 Å². The van der Waals surface area contributed by atoms with Crippen LogP contribution in [0.15, 0.2) is 48.5 Å². The van der Waals surface area contributed by atoms with Gasteiger partial charge < -0.3 is 10.2 Å². The van der Waals surface area contributed by atoms with Gasteiger partial charge >= 0.3 is 0 Å². The van der Waals surface area contributed by atoms with E-state index in [0.717, 1.165) is 24.0 Å². The highest BCUT2D eigenvalue weighted by molar-refractivity contribution is 6.33. The number of carbonyl (C=O) groups is 2. The lowest BCUT2D eigenvalue weighted by Gasteiger charge is -2.32. The molecular weight excluding hydrogens is 348 g/mol. The fraction of sp³-hybridized carbons (Fsp3) is 0.333. The first-order chi connectivity index (χ1) is 12.6. The van der Waals surface area contributed by atoms with E-state index in [1.54, 1.807) is 29.2 Å². The van der Waals surface area contributed by atoms with Gasteiger partial charge in [0.25, 0.3) is 5.91 Å². The Balaban J connectivity index is 1.61. The normalized spacial score (nSPS) is 17.0. The van der Waals surface area contributed by atoms with Gasteiger partial charge in [-0.2, -0.15) is 0 Å². The molecule has 4 nitrogen and oxygen atoms in total. The highest BCUT2D eigenvalue weighted by atomic mass is 35.5. The third-order valence-electron chi connectivity index (χ3n) is 4.90. The molecule has 2 aromatic rings. The summed E-state index contributed by atoms with van der Waals surface area (Å²) in [6, 6.07) is 15.1. The van der Waals surface area contributed by atoms with Gasteiger partial charge in [0.1, 0.15) is 0 Å². The second-order valence-electron chi connectivity index (χ2n) is 6.71. The molecule has 0 aromatic heterocycles. The summed E-state index contributed by atoms with van der Waals surface area (Å²) < 4.78 is 0. The van der Waals surface area contributed by atoms with Crippen molar-refractivity contribution in [1.29, 1.82) is 0 Å². The van der Waals surface area contributed by atoms with Crippen LogP contribution in [-0.2, 0) is 11.3 Å². The summed E-state index contributed by atoms with van der Waals surface area (Å²) in [6.07, 6.45) is 1.62. The van der Waals surface area contributed by atoms with E-state index in [4.69, 9.17) is 11.6 Å². The lowest BCUT2D eigenvalue weighted by atomic mass is 9.96. The van der Waals surface area contributed by atoms with E-state index >= 15 is 0 Å². The van der Waals surface area contributed by atoms with Crippen LogP contribution in [0.4, 0.5) is 0 Å². The van der Waals surface area contributed by atoms with Gasteiger partial charge in [-0.15, -0.1) is 0 Å². The number of nitrogens with one attached hydrogen (secondary N) is 1. The first-order valence-corrected chi connectivity index (χ1v) is 9.30. The number of likely N-dealkylation sites (tertiary alicyclic amines) is 1. The van der Waals surface area contributed by atoms with Crippen molar-refractivity contribution in [3.63, 3.8) is 0 Å². The molecule has 1 heterocycles. The smallest absolute Gasteiger partial charge is 0.255 e. The standard InChI is InChI=1S/C21H23ClN2O2/c1-15-7-2-3-8-16(15)13-23-20(25)17-9-6-12-24(14-17)21(26)18-10-4-5-11-19(18)22/h2-5,7-8,10-11,17H,6,9,12-14H2,1H3,(H,23,25). The first-order valence-electron chi connectivity index (χ1n) is 8.92. The van der Waals surface area contributed by atoms with E-state index in [9.17, 15) is 9.59 Å². The van der Waals surface area contributed by atoms with Crippen LogP contribution in [0.1, 0.15) is 34.3 Å². The van der Waals surface area contributed by atoms with Gasteiger partial charge in [-0.3, -0.25) is 9.59 Å². The Labute approximate surface area is 159 Å². The maximum Gasteiger partial charge on any atom is 0.255 e. The zero-order valence-corrected chi connectivity index (χ0v) is 15.6. The maximum absolute atomic E-state index is 12.7. The fourth-order valence-corrected chi connectivity index (χ4v) is 3.53. The molecule has 1 saturated heterocycles. The highest BCUT2D eigenvalue weighted by Crippen LogP contribution is 2.22. The Morgan fingerprint density at radius 1 is 1.15 bits per heavy atom. The van der Waals surface area contributed by atoms with Crippen molar-refractivity contribution < 1.29 is 9.59 Å². The molecule has 0 spiro atoms. The van der Waals surface area contributed by atoms with E-state index in [-0.39, 0.29) is 17.7 Å². The van der Waals surface area contributed by atoms with Crippen LogP contribution in [0.2, 0.25) is 5.02 Å². The lowest BCUT2D eigenvalue weighted by Crippen LogP contribution is -2.45. The monoisotopic (exact) mass is 370 g/mol. The van der Waals surface area contributed by atoms with Crippen LogP contribution in [0.5, 0.6) is 0 Å². The zero-order valence-electron chi connectivity index (χ0n) is 14.9. The molecule has 2 aromatic carbocycles. The molecule has 1 fully saturated rings. The summed E-state index contributed by atoms with van der Waals surface area (Å²) in [6.45, 7) is 3.64. The van der Waals surface area contributed by atoms with Gasteiger partial charge in [0, 0.05) is 19.6 Å². The van der Waals surface area contributed by atoms with E-state index in [1.807, 2.05) is 31.2 Å². The van der Waals surface area contributed by atoms with E-state index in [1.165, 1.54) is 0 Å². The summed E-state index contributed by atoms with van der Waals surface area (Å²) in [7, 11) is 0. The molecule has 0 radical (unpaired) electrons. The largest absolute Gasteiger partial charge is 0.352 e. The van der Waals surface area contributed by atoms with Gasteiger partial charge in [0.2, 0.25) is 5.91 Å². The van der Waals surface area contributed by atoms with Gasteiger partial charge in [-0.1, -0.05) is 48.0 Å². The summed E-state index contributed by atoms with van der Waals surface area (Å²) in [4.78, 5) is 27.0. The molecular formula is C21H23ClN2O2. The number of halogens is 1. The van der Waals surface area contributed by atoms with Crippen molar-refractivity contribution in [2.45, 2.75) is 26.3 Å². The van der Waals surface area contributed by atoms with Gasteiger partial charge in [-0.05, 0) is 43.0 Å². The van der Waals surface area contributed by atoms with Crippen molar-refractivity contribution >= 4 is 23.4 Å². The quantitative estimate of drug-likeness (QED) is 0.889. The van der Waals surface area contributed by atoms with Crippen molar-refractivity contribution in [3.8, 4) is 0 Å². The molecule has 2 amide bonds. The summed E-state index contributed by atoms with van der Waals surface area (Å²) in [5, 5.41) is 3.46. The third-order valence-corrected chi connectivity index (χ3v) is 5.23. The van der Waals surface area contributed by atoms with Crippen LogP contribution < -0.4 is 5.32 Å². The minimum absolute atomic E-state index is 0.00455. The van der Waals surface area contributed by atoms with Crippen molar-refractivity contribution in [3.05, 3.63) is 70.2 Å².